The Bertz CT molecular complexity index is 365. The number of benzene rings is 1. The summed E-state index contributed by atoms with van der Waals surface area (Å²) in [6.07, 6.45) is -0.420. The lowest BCUT2D eigenvalue weighted by molar-refractivity contribution is -0.141. The molecule has 1 rings (SSSR count). The topological polar surface area (TPSA) is 49.8 Å². The zero-order chi connectivity index (χ0) is 13.5. The second-order valence-corrected chi connectivity index (χ2v) is 4.42. The summed E-state index contributed by atoms with van der Waals surface area (Å²) in [7, 11) is 3.25. The third-order valence-corrected chi connectivity index (χ3v) is 2.82. The highest BCUT2D eigenvalue weighted by atomic mass is 16.5. The van der Waals surface area contributed by atoms with E-state index in [0.29, 0.717) is 13.0 Å². The monoisotopic (exact) mass is 251 g/mol. The zero-order valence-corrected chi connectivity index (χ0v) is 11.2. The molecular weight excluding hydrogens is 230 g/mol. The van der Waals surface area contributed by atoms with E-state index in [-0.39, 0.29) is 5.91 Å². The van der Waals surface area contributed by atoms with Gasteiger partial charge in [-0.05, 0) is 18.9 Å². The minimum Gasteiger partial charge on any atom is -0.393 e. The third kappa shape index (κ3) is 4.13. The first-order valence-electron chi connectivity index (χ1n) is 6.07. The number of hydrogen-bond donors (Lipinski definition) is 1. The van der Waals surface area contributed by atoms with Gasteiger partial charge in [0.25, 0.3) is 5.91 Å². The number of methoxy groups -OCH3 is 1. The Kier molecular flexibility index (Phi) is 5.82. The Morgan fingerprint density at radius 1 is 1.39 bits per heavy atom. The van der Waals surface area contributed by atoms with E-state index in [1.165, 1.54) is 7.11 Å². The molecule has 2 unspecified atom stereocenters. The van der Waals surface area contributed by atoms with Crippen LogP contribution in [0.2, 0.25) is 0 Å². The highest BCUT2D eigenvalue weighted by Gasteiger charge is 2.23. The van der Waals surface area contributed by atoms with Gasteiger partial charge in [0, 0.05) is 20.7 Å². The number of aliphatic hydroxyl groups excluding tert-OH is 1. The van der Waals surface area contributed by atoms with Gasteiger partial charge in [0.15, 0.2) is 6.10 Å². The predicted molar refractivity (Wildman–Crippen MR) is 70.1 cm³/mol. The standard InChI is InChI=1S/C14H21NO3/c1-11(16)9-10-15(2)14(17)13(18-3)12-7-5-4-6-8-12/h4-8,11,13,16H,9-10H2,1-3H3. The number of carbonyl (C=O) groups excluding carboxylic acids is 1. The molecule has 0 heterocycles. The van der Waals surface area contributed by atoms with E-state index in [4.69, 9.17) is 4.74 Å². The van der Waals surface area contributed by atoms with Crippen LogP contribution in [0.1, 0.15) is 25.0 Å². The number of likely N-dealkylation sites (N-methyl/N-ethyl adjacent to an activating group) is 1. The minimum atomic E-state index is -0.579. The molecule has 2 atom stereocenters. The minimum absolute atomic E-state index is 0.0932. The largest absolute Gasteiger partial charge is 0.393 e. The first-order valence-corrected chi connectivity index (χ1v) is 6.07. The number of amides is 1. The first-order chi connectivity index (χ1) is 8.56. The number of hydrogen-bond acceptors (Lipinski definition) is 3. The summed E-state index contributed by atoms with van der Waals surface area (Å²) in [5.74, 6) is -0.0932. The van der Waals surface area contributed by atoms with Crippen molar-refractivity contribution in [3.63, 3.8) is 0 Å². The summed E-state index contributed by atoms with van der Waals surface area (Å²) in [6, 6.07) is 9.40. The van der Waals surface area contributed by atoms with Gasteiger partial charge >= 0.3 is 0 Å². The number of rotatable bonds is 6. The van der Waals surface area contributed by atoms with Crippen LogP contribution >= 0.6 is 0 Å². The van der Waals surface area contributed by atoms with E-state index in [0.717, 1.165) is 5.56 Å². The van der Waals surface area contributed by atoms with Crippen LogP contribution in [0.4, 0.5) is 0 Å². The van der Waals surface area contributed by atoms with Crippen LogP contribution in [0, 0.1) is 0 Å². The fourth-order valence-electron chi connectivity index (χ4n) is 1.70. The summed E-state index contributed by atoms with van der Waals surface area (Å²) in [5, 5.41) is 9.23. The Morgan fingerprint density at radius 3 is 2.50 bits per heavy atom. The number of carbonyl (C=O) groups is 1. The molecule has 1 aromatic rings. The van der Waals surface area contributed by atoms with Crippen LogP contribution < -0.4 is 0 Å². The Morgan fingerprint density at radius 2 is 2.00 bits per heavy atom. The van der Waals surface area contributed by atoms with E-state index in [1.807, 2.05) is 30.3 Å². The Labute approximate surface area is 108 Å². The molecule has 100 valence electrons. The van der Waals surface area contributed by atoms with Crippen molar-refractivity contribution >= 4 is 5.91 Å². The summed E-state index contributed by atoms with van der Waals surface area (Å²) < 4.78 is 5.27. The zero-order valence-electron chi connectivity index (χ0n) is 11.2. The summed E-state index contributed by atoms with van der Waals surface area (Å²) in [6.45, 7) is 2.23. The van der Waals surface area contributed by atoms with Gasteiger partial charge < -0.3 is 14.7 Å². The van der Waals surface area contributed by atoms with E-state index in [2.05, 4.69) is 0 Å². The van der Waals surface area contributed by atoms with Crippen molar-refractivity contribution in [2.45, 2.75) is 25.6 Å². The number of ether oxygens (including phenoxy) is 1. The van der Waals surface area contributed by atoms with Crippen molar-refractivity contribution in [1.29, 1.82) is 0 Å². The van der Waals surface area contributed by atoms with Crippen LogP contribution in [-0.4, -0.2) is 42.7 Å². The molecule has 1 aromatic carbocycles. The smallest absolute Gasteiger partial charge is 0.256 e. The van der Waals surface area contributed by atoms with Gasteiger partial charge in [-0.25, -0.2) is 0 Å². The van der Waals surface area contributed by atoms with Crippen molar-refractivity contribution in [1.82, 2.24) is 4.90 Å². The molecule has 0 saturated heterocycles. The molecule has 1 N–H and O–H groups in total. The molecule has 0 bridgehead atoms. The average Bonchev–Trinajstić information content (AvgIpc) is 2.38. The lowest BCUT2D eigenvalue weighted by Crippen LogP contribution is -2.34. The summed E-state index contributed by atoms with van der Waals surface area (Å²) in [4.78, 5) is 13.8. The van der Waals surface area contributed by atoms with E-state index >= 15 is 0 Å². The average molecular weight is 251 g/mol. The molecule has 0 fully saturated rings. The van der Waals surface area contributed by atoms with Crippen LogP contribution in [0.3, 0.4) is 0 Å². The number of aliphatic hydroxyl groups is 1. The lowest BCUT2D eigenvalue weighted by atomic mass is 10.1. The van der Waals surface area contributed by atoms with Crippen LogP contribution in [0.15, 0.2) is 30.3 Å². The molecule has 0 aliphatic rings. The molecule has 0 saturated carbocycles. The molecule has 4 nitrogen and oxygen atoms in total. The molecule has 0 spiro atoms. The molecule has 0 aliphatic heterocycles. The van der Waals surface area contributed by atoms with Crippen molar-refractivity contribution in [2.24, 2.45) is 0 Å². The lowest BCUT2D eigenvalue weighted by Gasteiger charge is -2.23. The van der Waals surface area contributed by atoms with Crippen molar-refractivity contribution in [3.05, 3.63) is 35.9 Å². The molecular formula is C14H21NO3. The van der Waals surface area contributed by atoms with Crippen molar-refractivity contribution in [3.8, 4) is 0 Å². The van der Waals surface area contributed by atoms with Gasteiger partial charge in [-0.3, -0.25) is 4.79 Å². The summed E-state index contributed by atoms with van der Waals surface area (Å²) >= 11 is 0. The van der Waals surface area contributed by atoms with E-state index in [1.54, 1.807) is 18.9 Å². The van der Waals surface area contributed by atoms with Gasteiger partial charge in [0.2, 0.25) is 0 Å². The van der Waals surface area contributed by atoms with Crippen LogP contribution in [0.25, 0.3) is 0 Å². The molecule has 0 aliphatic carbocycles. The second-order valence-electron chi connectivity index (χ2n) is 4.42. The molecule has 0 radical (unpaired) electrons. The van der Waals surface area contributed by atoms with Crippen molar-refractivity contribution in [2.75, 3.05) is 20.7 Å². The summed E-state index contributed by atoms with van der Waals surface area (Å²) in [5.41, 5.74) is 0.842. The molecule has 1 amide bonds. The first kappa shape index (κ1) is 14.7. The quantitative estimate of drug-likeness (QED) is 0.835. The maximum absolute atomic E-state index is 12.2. The highest BCUT2D eigenvalue weighted by Crippen LogP contribution is 2.18. The predicted octanol–water partition coefficient (Wildman–Crippen LogP) is 1.60. The number of nitrogens with zero attached hydrogens (tertiary/aromatic N) is 1. The fourth-order valence-corrected chi connectivity index (χ4v) is 1.70. The molecule has 0 aromatic heterocycles. The Hall–Kier alpha value is -1.39. The maximum Gasteiger partial charge on any atom is 0.256 e. The van der Waals surface area contributed by atoms with Crippen LogP contribution in [0.5, 0.6) is 0 Å². The van der Waals surface area contributed by atoms with E-state index < -0.39 is 12.2 Å². The fraction of sp³-hybridized carbons (Fsp3) is 0.500. The van der Waals surface area contributed by atoms with Gasteiger partial charge in [0.05, 0.1) is 6.10 Å². The third-order valence-electron chi connectivity index (χ3n) is 2.82. The van der Waals surface area contributed by atoms with Gasteiger partial charge in [-0.1, -0.05) is 30.3 Å². The Balaban J connectivity index is 2.68. The van der Waals surface area contributed by atoms with Gasteiger partial charge in [-0.15, -0.1) is 0 Å². The normalized spacial score (nSPS) is 14.0. The van der Waals surface area contributed by atoms with Gasteiger partial charge in [0.1, 0.15) is 0 Å². The van der Waals surface area contributed by atoms with Crippen molar-refractivity contribution < 1.29 is 14.6 Å². The molecule has 18 heavy (non-hydrogen) atoms. The van der Waals surface area contributed by atoms with Gasteiger partial charge in [-0.2, -0.15) is 0 Å². The maximum atomic E-state index is 12.2. The van der Waals surface area contributed by atoms with E-state index in [9.17, 15) is 9.90 Å². The molecule has 4 heteroatoms. The second kappa shape index (κ2) is 7.13. The SMILES string of the molecule is COC(C(=O)N(C)CCC(C)O)c1ccccc1. The highest BCUT2D eigenvalue weighted by molar-refractivity contribution is 5.82. The van der Waals surface area contributed by atoms with Crippen LogP contribution in [-0.2, 0) is 9.53 Å².